The standard InChI is InChI=1S/C14H19Br2NO/c1-4-9(2)8-18-14-12(15)6-11(5-10(3)17)7-13(14)16/h6-7,10H,2,4-5,8,17H2,1,3H3. The normalized spacial score (nSPS) is 12.3. The summed E-state index contributed by atoms with van der Waals surface area (Å²) < 4.78 is 7.64. The van der Waals surface area contributed by atoms with Crippen molar-refractivity contribution in [2.75, 3.05) is 6.61 Å². The van der Waals surface area contributed by atoms with Gasteiger partial charge in [0.1, 0.15) is 12.4 Å². The molecule has 0 fully saturated rings. The molecule has 0 aliphatic carbocycles. The van der Waals surface area contributed by atoms with Crippen LogP contribution in [0.25, 0.3) is 0 Å². The Kier molecular flexibility index (Phi) is 6.39. The molecule has 0 amide bonds. The van der Waals surface area contributed by atoms with Crippen LogP contribution in [0.5, 0.6) is 5.75 Å². The molecule has 0 radical (unpaired) electrons. The molecule has 0 aliphatic rings. The number of benzene rings is 1. The van der Waals surface area contributed by atoms with Gasteiger partial charge < -0.3 is 10.5 Å². The van der Waals surface area contributed by atoms with E-state index in [1.54, 1.807) is 0 Å². The Balaban J connectivity index is 2.84. The first-order valence-electron chi connectivity index (χ1n) is 5.97. The summed E-state index contributed by atoms with van der Waals surface area (Å²) in [5, 5.41) is 0. The number of nitrogens with two attached hydrogens (primary N) is 1. The van der Waals surface area contributed by atoms with E-state index >= 15 is 0 Å². The predicted octanol–water partition coefficient (Wildman–Crippen LogP) is 4.45. The van der Waals surface area contributed by atoms with Crippen molar-refractivity contribution in [3.8, 4) is 5.75 Å². The molecule has 0 spiro atoms. The summed E-state index contributed by atoms with van der Waals surface area (Å²) in [4.78, 5) is 0. The topological polar surface area (TPSA) is 35.2 Å². The lowest BCUT2D eigenvalue weighted by Crippen LogP contribution is -2.17. The van der Waals surface area contributed by atoms with Crippen LogP contribution in [0, 0.1) is 0 Å². The average molecular weight is 377 g/mol. The van der Waals surface area contributed by atoms with Gasteiger partial charge in [-0.05, 0) is 74.9 Å². The molecule has 2 N–H and O–H groups in total. The van der Waals surface area contributed by atoms with Crippen molar-refractivity contribution in [1.29, 1.82) is 0 Å². The van der Waals surface area contributed by atoms with Crippen LogP contribution in [0.1, 0.15) is 25.8 Å². The Morgan fingerprint density at radius 3 is 2.39 bits per heavy atom. The van der Waals surface area contributed by atoms with E-state index in [-0.39, 0.29) is 6.04 Å². The van der Waals surface area contributed by atoms with Gasteiger partial charge in [0.05, 0.1) is 8.95 Å². The zero-order valence-electron chi connectivity index (χ0n) is 10.8. The minimum absolute atomic E-state index is 0.149. The zero-order valence-corrected chi connectivity index (χ0v) is 14.0. The number of rotatable bonds is 6. The van der Waals surface area contributed by atoms with Crippen molar-refractivity contribution in [3.63, 3.8) is 0 Å². The largest absolute Gasteiger partial charge is 0.487 e. The van der Waals surface area contributed by atoms with E-state index in [9.17, 15) is 0 Å². The van der Waals surface area contributed by atoms with Crippen LogP contribution >= 0.6 is 31.9 Å². The molecule has 0 aromatic heterocycles. The highest BCUT2D eigenvalue weighted by molar-refractivity contribution is 9.11. The van der Waals surface area contributed by atoms with Crippen LogP contribution in [-0.2, 0) is 6.42 Å². The molecule has 1 aromatic rings. The summed E-state index contributed by atoms with van der Waals surface area (Å²) in [5.41, 5.74) is 8.07. The van der Waals surface area contributed by atoms with Gasteiger partial charge in [-0.15, -0.1) is 0 Å². The molecule has 2 nitrogen and oxygen atoms in total. The second-order valence-corrected chi connectivity index (χ2v) is 6.17. The number of halogens is 2. The lowest BCUT2D eigenvalue weighted by atomic mass is 10.1. The molecule has 0 heterocycles. The maximum absolute atomic E-state index is 5.81. The third kappa shape index (κ3) is 4.75. The lowest BCUT2D eigenvalue weighted by molar-refractivity contribution is 0.344. The molecule has 1 aromatic carbocycles. The second kappa shape index (κ2) is 7.31. The van der Waals surface area contributed by atoms with E-state index in [0.717, 1.165) is 33.1 Å². The third-order valence-corrected chi connectivity index (χ3v) is 3.71. The van der Waals surface area contributed by atoms with Crippen molar-refractivity contribution in [2.24, 2.45) is 5.73 Å². The quantitative estimate of drug-likeness (QED) is 0.744. The predicted molar refractivity (Wildman–Crippen MR) is 84.1 cm³/mol. The summed E-state index contributed by atoms with van der Waals surface area (Å²) in [6.07, 6.45) is 1.77. The Morgan fingerprint density at radius 2 is 1.94 bits per heavy atom. The van der Waals surface area contributed by atoms with Crippen LogP contribution in [0.2, 0.25) is 0 Å². The summed E-state index contributed by atoms with van der Waals surface area (Å²) in [6, 6.07) is 4.26. The first kappa shape index (κ1) is 15.7. The van der Waals surface area contributed by atoms with Gasteiger partial charge in [-0.25, -0.2) is 0 Å². The van der Waals surface area contributed by atoms with Crippen LogP contribution < -0.4 is 10.5 Å². The van der Waals surface area contributed by atoms with Gasteiger partial charge >= 0.3 is 0 Å². The van der Waals surface area contributed by atoms with Gasteiger partial charge in [0.2, 0.25) is 0 Å². The van der Waals surface area contributed by atoms with Crippen molar-refractivity contribution in [3.05, 3.63) is 38.8 Å². The minimum atomic E-state index is 0.149. The maximum Gasteiger partial charge on any atom is 0.148 e. The zero-order chi connectivity index (χ0) is 13.7. The first-order valence-corrected chi connectivity index (χ1v) is 7.55. The van der Waals surface area contributed by atoms with Gasteiger partial charge in [-0.3, -0.25) is 0 Å². The van der Waals surface area contributed by atoms with Crippen LogP contribution in [0.3, 0.4) is 0 Å². The molecular formula is C14H19Br2NO. The van der Waals surface area contributed by atoms with Crippen molar-refractivity contribution < 1.29 is 4.74 Å². The molecule has 100 valence electrons. The van der Waals surface area contributed by atoms with Crippen LogP contribution in [0.4, 0.5) is 0 Å². The van der Waals surface area contributed by atoms with Gasteiger partial charge in [0.25, 0.3) is 0 Å². The van der Waals surface area contributed by atoms with Crippen molar-refractivity contribution >= 4 is 31.9 Å². The Hall–Kier alpha value is -0.320. The molecule has 0 saturated heterocycles. The molecular weight excluding hydrogens is 358 g/mol. The van der Waals surface area contributed by atoms with Gasteiger partial charge in [0.15, 0.2) is 0 Å². The lowest BCUT2D eigenvalue weighted by Gasteiger charge is -2.13. The highest BCUT2D eigenvalue weighted by Crippen LogP contribution is 2.35. The third-order valence-electron chi connectivity index (χ3n) is 2.54. The Labute approximate surface area is 126 Å². The van der Waals surface area contributed by atoms with E-state index in [4.69, 9.17) is 10.5 Å². The Morgan fingerprint density at radius 1 is 1.39 bits per heavy atom. The maximum atomic E-state index is 5.81. The molecule has 4 heteroatoms. The van der Waals surface area contributed by atoms with Crippen LogP contribution in [-0.4, -0.2) is 12.6 Å². The summed E-state index contributed by atoms with van der Waals surface area (Å²) in [7, 11) is 0. The number of hydrogen-bond donors (Lipinski definition) is 1. The van der Waals surface area contributed by atoms with Gasteiger partial charge in [-0.1, -0.05) is 13.5 Å². The molecule has 0 aliphatic heterocycles. The molecule has 1 atom stereocenters. The average Bonchev–Trinajstić information content (AvgIpc) is 2.26. The highest BCUT2D eigenvalue weighted by Gasteiger charge is 2.10. The Bertz CT molecular complexity index is 407. The smallest absolute Gasteiger partial charge is 0.148 e. The van der Waals surface area contributed by atoms with Crippen molar-refractivity contribution in [2.45, 2.75) is 32.7 Å². The van der Waals surface area contributed by atoms with Crippen LogP contribution in [0.15, 0.2) is 33.2 Å². The molecule has 18 heavy (non-hydrogen) atoms. The van der Waals surface area contributed by atoms with Crippen molar-refractivity contribution in [1.82, 2.24) is 0 Å². The van der Waals surface area contributed by atoms with E-state index in [2.05, 4.69) is 57.5 Å². The minimum Gasteiger partial charge on any atom is -0.487 e. The number of hydrogen-bond acceptors (Lipinski definition) is 2. The highest BCUT2D eigenvalue weighted by atomic mass is 79.9. The summed E-state index contributed by atoms with van der Waals surface area (Å²) in [6.45, 7) is 8.54. The van der Waals surface area contributed by atoms with E-state index in [1.165, 1.54) is 5.56 Å². The van der Waals surface area contributed by atoms with Gasteiger partial charge in [0, 0.05) is 6.04 Å². The second-order valence-electron chi connectivity index (χ2n) is 4.46. The van der Waals surface area contributed by atoms with E-state index < -0.39 is 0 Å². The molecule has 1 unspecified atom stereocenters. The fourth-order valence-corrected chi connectivity index (χ4v) is 3.03. The van der Waals surface area contributed by atoms with Gasteiger partial charge in [-0.2, -0.15) is 0 Å². The summed E-state index contributed by atoms with van der Waals surface area (Å²) in [5.74, 6) is 0.818. The SMILES string of the molecule is C=C(CC)COc1c(Br)cc(CC(C)N)cc1Br. The fraction of sp³-hybridized carbons (Fsp3) is 0.429. The summed E-state index contributed by atoms with van der Waals surface area (Å²) >= 11 is 7.07. The molecule has 1 rings (SSSR count). The van der Waals surface area contributed by atoms with E-state index in [1.807, 2.05) is 6.92 Å². The molecule has 0 bridgehead atoms. The first-order chi connectivity index (χ1) is 8.43. The number of ether oxygens (including phenoxy) is 1. The molecule has 0 saturated carbocycles. The van der Waals surface area contributed by atoms with E-state index in [0.29, 0.717) is 6.61 Å². The monoisotopic (exact) mass is 375 g/mol. The fourth-order valence-electron chi connectivity index (χ4n) is 1.52.